The smallest absolute Gasteiger partial charge is 0.217 e. The largest absolute Gasteiger partial charge is 0.370 e. The summed E-state index contributed by atoms with van der Waals surface area (Å²) in [7, 11) is 0. The lowest BCUT2D eigenvalue weighted by atomic mass is 10.1. The van der Waals surface area contributed by atoms with Crippen molar-refractivity contribution >= 4 is 5.91 Å². The molecule has 0 saturated carbocycles. The Bertz CT molecular complexity index is 214. The van der Waals surface area contributed by atoms with E-state index in [0.717, 1.165) is 5.57 Å². The lowest BCUT2D eigenvalue weighted by Crippen LogP contribution is -2.09. The Kier molecular flexibility index (Phi) is 5.70. The summed E-state index contributed by atoms with van der Waals surface area (Å²) in [5.41, 5.74) is 6.12. The minimum absolute atomic E-state index is 0.263. The van der Waals surface area contributed by atoms with Gasteiger partial charge < -0.3 is 5.73 Å². The Morgan fingerprint density at radius 3 is 2.58 bits per heavy atom. The van der Waals surface area contributed by atoms with Crippen LogP contribution in [-0.4, -0.2) is 5.91 Å². The van der Waals surface area contributed by atoms with Gasteiger partial charge in [-0.25, -0.2) is 0 Å². The predicted molar refractivity (Wildman–Crippen MR) is 51.5 cm³/mol. The summed E-state index contributed by atoms with van der Waals surface area (Å²) in [6.45, 7) is 5.49. The van der Waals surface area contributed by atoms with Gasteiger partial charge in [0.1, 0.15) is 0 Å². The minimum atomic E-state index is -0.263. The zero-order valence-corrected chi connectivity index (χ0v) is 7.42. The summed E-state index contributed by atoms with van der Waals surface area (Å²) in [6, 6.07) is 0. The second-order valence-corrected chi connectivity index (χ2v) is 2.42. The number of nitrogens with two attached hydrogens (primary N) is 1. The average molecular weight is 165 g/mol. The van der Waals surface area contributed by atoms with Crippen molar-refractivity contribution in [3.8, 4) is 0 Å². The molecule has 0 saturated heterocycles. The van der Waals surface area contributed by atoms with Crippen LogP contribution in [0.3, 0.4) is 0 Å². The molecular weight excluding hydrogens is 150 g/mol. The van der Waals surface area contributed by atoms with E-state index in [9.17, 15) is 4.79 Å². The van der Waals surface area contributed by atoms with Gasteiger partial charge >= 0.3 is 0 Å². The van der Waals surface area contributed by atoms with Gasteiger partial charge in [0.15, 0.2) is 0 Å². The van der Waals surface area contributed by atoms with Crippen LogP contribution in [0.15, 0.2) is 36.5 Å². The fourth-order valence-electron chi connectivity index (χ4n) is 0.783. The Hall–Kier alpha value is -1.31. The lowest BCUT2D eigenvalue weighted by Gasteiger charge is -1.97. The molecule has 0 aliphatic rings. The maximum Gasteiger partial charge on any atom is 0.217 e. The molecule has 0 atom stereocenters. The summed E-state index contributed by atoms with van der Waals surface area (Å²) < 4.78 is 0. The van der Waals surface area contributed by atoms with Gasteiger partial charge in [0.25, 0.3) is 0 Å². The molecule has 0 radical (unpaired) electrons. The molecule has 0 unspecified atom stereocenters. The zero-order valence-electron chi connectivity index (χ0n) is 7.42. The van der Waals surface area contributed by atoms with Crippen LogP contribution < -0.4 is 5.73 Å². The molecule has 12 heavy (non-hydrogen) atoms. The molecule has 2 nitrogen and oxygen atoms in total. The van der Waals surface area contributed by atoms with Crippen molar-refractivity contribution in [3.63, 3.8) is 0 Å². The van der Waals surface area contributed by atoms with Crippen molar-refractivity contribution in [2.45, 2.75) is 19.8 Å². The second-order valence-electron chi connectivity index (χ2n) is 2.42. The average Bonchev–Trinajstić information content (AvgIpc) is 2.05. The molecule has 66 valence electrons. The molecule has 0 rings (SSSR count). The molecule has 1 amide bonds. The monoisotopic (exact) mass is 165 g/mol. The zero-order chi connectivity index (χ0) is 9.40. The molecule has 0 aromatic heterocycles. The Morgan fingerprint density at radius 2 is 2.17 bits per heavy atom. The molecule has 0 aromatic rings. The Morgan fingerprint density at radius 1 is 1.50 bits per heavy atom. The first-order valence-electron chi connectivity index (χ1n) is 3.93. The van der Waals surface area contributed by atoms with E-state index in [0.29, 0.717) is 12.8 Å². The number of amides is 1. The topological polar surface area (TPSA) is 43.1 Å². The Balaban J connectivity index is 3.93. The van der Waals surface area contributed by atoms with Crippen LogP contribution in [0.1, 0.15) is 19.8 Å². The van der Waals surface area contributed by atoms with E-state index in [2.05, 4.69) is 6.58 Å². The van der Waals surface area contributed by atoms with Crippen molar-refractivity contribution in [1.29, 1.82) is 0 Å². The van der Waals surface area contributed by atoms with Crippen molar-refractivity contribution in [2.75, 3.05) is 0 Å². The Labute approximate surface area is 73.5 Å². The van der Waals surface area contributed by atoms with Gasteiger partial charge in [-0.15, -0.1) is 0 Å². The van der Waals surface area contributed by atoms with Gasteiger partial charge in [0, 0.05) is 6.42 Å². The summed E-state index contributed by atoms with van der Waals surface area (Å²) in [6.07, 6.45) is 8.54. The molecular formula is C10H15NO. The van der Waals surface area contributed by atoms with Crippen LogP contribution in [-0.2, 0) is 4.79 Å². The van der Waals surface area contributed by atoms with Crippen LogP contribution in [0.25, 0.3) is 0 Å². The highest BCUT2D eigenvalue weighted by molar-refractivity contribution is 5.74. The van der Waals surface area contributed by atoms with E-state index >= 15 is 0 Å². The molecule has 0 fully saturated rings. The van der Waals surface area contributed by atoms with E-state index in [-0.39, 0.29) is 5.91 Å². The second kappa shape index (κ2) is 6.40. The number of carbonyl (C=O) groups is 1. The number of allylic oxidation sites excluding steroid dienone is 5. The van der Waals surface area contributed by atoms with E-state index < -0.39 is 0 Å². The van der Waals surface area contributed by atoms with Crippen LogP contribution in [0, 0.1) is 0 Å². The highest BCUT2D eigenvalue weighted by Gasteiger charge is 1.95. The quantitative estimate of drug-likeness (QED) is 0.621. The van der Waals surface area contributed by atoms with Crippen molar-refractivity contribution in [2.24, 2.45) is 5.73 Å². The number of carbonyl (C=O) groups excluding carboxylic acids is 1. The standard InChI is InChI=1S/C10H15NO/c1-3-5-6-9(4-2)7-8-10(11)12/h3-6H,1,7-8H2,2H3,(H2,11,12)/b6-5-,9-4+. The minimum Gasteiger partial charge on any atom is -0.370 e. The third-order valence-corrected chi connectivity index (χ3v) is 1.48. The fourth-order valence-corrected chi connectivity index (χ4v) is 0.783. The number of primary amides is 1. The van der Waals surface area contributed by atoms with Gasteiger partial charge in [0.05, 0.1) is 0 Å². The first kappa shape index (κ1) is 10.7. The highest BCUT2D eigenvalue weighted by atomic mass is 16.1. The molecule has 0 aromatic carbocycles. The summed E-state index contributed by atoms with van der Waals surface area (Å²) in [4.78, 5) is 10.4. The number of rotatable bonds is 5. The maximum absolute atomic E-state index is 10.4. The fraction of sp³-hybridized carbons (Fsp3) is 0.300. The lowest BCUT2D eigenvalue weighted by molar-refractivity contribution is -0.117. The van der Waals surface area contributed by atoms with E-state index in [4.69, 9.17) is 5.73 Å². The first-order chi connectivity index (χ1) is 5.70. The normalized spacial score (nSPS) is 11.9. The van der Waals surface area contributed by atoms with E-state index in [1.807, 2.05) is 25.2 Å². The SMILES string of the molecule is C=C/C=C\C(=C/C)CCC(N)=O. The van der Waals surface area contributed by atoms with Gasteiger partial charge in [-0.2, -0.15) is 0 Å². The third kappa shape index (κ3) is 5.47. The molecule has 0 aliphatic heterocycles. The highest BCUT2D eigenvalue weighted by Crippen LogP contribution is 2.05. The van der Waals surface area contributed by atoms with Crippen LogP contribution in [0.4, 0.5) is 0 Å². The van der Waals surface area contributed by atoms with Crippen molar-refractivity contribution in [3.05, 3.63) is 36.5 Å². The van der Waals surface area contributed by atoms with Crippen LogP contribution in [0.5, 0.6) is 0 Å². The molecule has 2 N–H and O–H groups in total. The first-order valence-corrected chi connectivity index (χ1v) is 3.93. The molecule has 0 heterocycles. The van der Waals surface area contributed by atoms with Crippen molar-refractivity contribution < 1.29 is 4.79 Å². The van der Waals surface area contributed by atoms with E-state index in [1.165, 1.54) is 0 Å². The molecule has 2 heteroatoms. The maximum atomic E-state index is 10.4. The number of hydrogen-bond acceptors (Lipinski definition) is 1. The summed E-state index contributed by atoms with van der Waals surface area (Å²) in [5.74, 6) is -0.263. The number of hydrogen-bond donors (Lipinski definition) is 1. The molecule has 0 bridgehead atoms. The van der Waals surface area contributed by atoms with E-state index in [1.54, 1.807) is 6.08 Å². The van der Waals surface area contributed by atoms with Crippen LogP contribution >= 0.6 is 0 Å². The summed E-state index contributed by atoms with van der Waals surface area (Å²) in [5, 5.41) is 0. The van der Waals surface area contributed by atoms with Gasteiger partial charge in [0.2, 0.25) is 5.91 Å². The summed E-state index contributed by atoms with van der Waals surface area (Å²) >= 11 is 0. The van der Waals surface area contributed by atoms with Gasteiger partial charge in [-0.05, 0) is 13.3 Å². The molecule has 0 spiro atoms. The van der Waals surface area contributed by atoms with Gasteiger partial charge in [-0.3, -0.25) is 4.79 Å². The van der Waals surface area contributed by atoms with Crippen molar-refractivity contribution in [1.82, 2.24) is 0 Å². The predicted octanol–water partition coefficient (Wildman–Crippen LogP) is 1.94. The van der Waals surface area contributed by atoms with Crippen LogP contribution in [0.2, 0.25) is 0 Å². The van der Waals surface area contributed by atoms with Gasteiger partial charge in [-0.1, -0.05) is 36.5 Å². The third-order valence-electron chi connectivity index (χ3n) is 1.48. The molecule has 0 aliphatic carbocycles.